The molecule has 0 aliphatic heterocycles. The van der Waals surface area contributed by atoms with E-state index in [2.05, 4.69) is 4.98 Å². The van der Waals surface area contributed by atoms with Gasteiger partial charge >= 0.3 is 12.1 Å². The van der Waals surface area contributed by atoms with Gasteiger partial charge in [-0.05, 0) is 57.5 Å². The average molecular weight is 468 g/mol. The van der Waals surface area contributed by atoms with E-state index in [9.17, 15) is 27.6 Å². The second kappa shape index (κ2) is 10.7. The topological polar surface area (TPSA) is 88.7 Å². The molecule has 1 heterocycles. The fourth-order valence-corrected chi connectivity index (χ4v) is 3.51. The number of alkyl halides is 3. The van der Waals surface area contributed by atoms with Gasteiger partial charge in [0.05, 0.1) is 24.8 Å². The van der Waals surface area contributed by atoms with E-state index in [0.29, 0.717) is 11.3 Å². The highest BCUT2D eigenvalue weighted by Crippen LogP contribution is 2.29. The van der Waals surface area contributed by atoms with E-state index in [1.165, 1.54) is 18.9 Å². The number of rotatable bonds is 9. The molecular weight excluding hydrogens is 441 g/mol. The van der Waals surface area contributed by atoms with Gasteiger partial charge < -0.3 is 19.4 Å². The van der Waals surface area contributed by atoms with Crippen molar-refractivity contribution in [3.63, 3.8) is 0 Å². The first-order valence-electron chi connectivity index (χ1n) is 10.3. The van der Waals surface area contributed by atoms with Crippen molar-refractivity contribution in [2.45, 2.75) is 39.9 Å². The predicted molar refractivity (Wildman–Crippen MR) is 114 cm³/mol. The zero-order valence-electron chi connectivity index (χ0n) is 19.1. The van der Waals surface area contributed by atoms with Crippen molar-refractivity contribution in [2.75, 3.05) is 26.9 Å². The summed E-state index contributed by atoms with van der Waals surface area (Å²) in [5.41, 5.74) is 0.387. The maximum atomic E-state index is 13.4. The smallest absolute Gasteiger partial charge is 0.416 e. The molecule has 2 aromatic rings. The summed E-state index contributed by atoms with van der Waals surface area (Å²) >= 11 is 0. The molecule has 1 atom stereocenters. The van der Waals surface area contributed by atoms with E-state index < -0.39 is 35.4 Å². The number of Topliss-reactive ketones (excluding diaryl/α,β-unsaturated/α-hetero) is 1. The molecule has 0 saturated heterocycles. The zero-order valence-corrected chi connectivity index (χ0v) is 19.1. The predicted octanol–water partition coefficient (Wildman–Crippen LogP) is 4.19. The number of benzene rings is 1. The summed E-state index contributed by atoms with van der Waals surface area (Å²) in [6.45, 7) is 6.75. The van der Waals surface area contributed by atoms with Crippen molar-refractivity contribution in [3.8, 4) is 0 Å². The van der Waals surface area contributed by atoms with E-state index in [1.807, 2.05) is 0 Å². The second-order valence-electron chi connectivity index (χ2n) is 7.45. The molecule has 0 aliphatic rings. The molecule has 2 rings (SSSR count). The summed E-state index contributed by atoms with van der Waals surface area (Å²) in [7, 11) is 1.43. The van der Waals surface area contributed by atoms with Gasteiger partial charge in [-0.1, -0.05) is 0 Å². The van der Waals surface area contributed by atoms with E-state index in [-0.39, 0.29) is 36.6 Å². The standard InChI is InChI=1S/C23H27F3N2O5/c1-6-33-22(31)19-13(2)18(14(3)27-19)20(29)15(4)28(11-12-32-5)21(30)16-7-9-17(10-8-16)23(24,25)26/h7-10,15,27H,6,11-12H2,1-5H3/t15-/m1/s1. The van der Waals surface area contributed by atoms with Crippen LogP contribution in [0.2, 0.25) is 0 Å². The number of esters is 1. The lowest BCUT2D eigenvalue weighted by molar-refractivity contribution is -0.137. The number of carbonyl (C=O) groups is 3. The van der Waals surface area contributed by atoms with Gasteiger partial charge in [0.15, 0.2) is 5.78 Å². The van der Waals surface area contributed by atoms with Crippen LogP contribution in [0.4, 0.5) is 13.2 Å². The molecule has 1 N–H and O–H groups in total. The molecule has 7 nitrogen and oxygen atoms in total. The molecule has 33 heavy (non-hydrogen) atoms. The number of carbonyl (C=O) groups excluding carboxylic acids is 3. The van der Waals surface area contributed by atoms with Gasteiger partial charge in [0.2, 0.25) is 0 Å². The molecule has 1 aromatic carbocycles. The molecule has 0 spiro atoms. The lowest BCUT2D eigenvalue weighted by Gasteiger charge is -2.28. The number of halogens is 3. The van der Waals surface area contributed by atoms with Crippen LogP contribution < -0.4 is 0 Å². The summed E-state index contributed by atoms with van der Waals surface area (Å²) in [4.78, 5) is 42.7. The molecule has 0 fully saturated rings. The Morgan fingerprint density at radius 2 is 1.73 bits per heavy atom. The van der Waals surface area contributed by atoms with E-state index in [0.717, 1.165) is 24.3 Å². The van der Waals surface area contributed by atoms with Gasteiger partial charge in [0.1, 0.15) is 5.69 Å². The van der Waals surface area contributed by atoms with Crippen molar-refractivity contribution in [3.05, 3.63) is 57.9 Å². The van der Waals surface area contributed by atoms with Crippen molar-refractivity contribution in [1.29, 1.82) is 0 Å². The third-order valence-corrected chi connectivity index (χ3v) is 5.27. The van der Waals surface area contributed by atoms with Crippen LogP contribution in [0, 0.1) is 13.8 Å². The molecular formula is C23H27F3N2O5. The molecule has 0 bridgehead atoms. The Morgan fingerprint density at radius 1 is 1.12 bits per heavy atom. The first-order valence-corrected chi connectivity index (χ1v) is 10.3. The van der Waals surface area contributed by atoms with E-state index in [1.54, 1.807) is 20.8 Å². The minimum atomic E-state index is -4.53. The number of H-pyrrole nitrogens is 1. The quantitative estimate of drug-likeness (QED) is 0.441. The maximum absolute atomic E-state index is 13.4. The number of hydrogen-bond donors (Lipinski definition) is 1. The van der Waals surface area contributed by atoms with Crippen LogP contribution in [0.1, 0.15) is 61.9 Å². The summed E-state index contributed by atoms with van der Waals surface area (Å²) in [5, 5.41) is 0. The van der Waals surface area contributed by atoms with Crippen molar-refractivity contribution in [1.82, 2.24) is 9.88 Å². The number of aromatic amines is 1. The molecule has 0 aliphatic carbocycles. The Kier molecular flexibility index (Phi) is 8.43. The van der Waals surface area contributed by atoms with Gasteiger partial charge in [-0.3, -0.25) is 9.59 Å². The number of hydrogen-bond acceptors (Lipinski definition) is 5. The van der Waals surface area contributed by atoms with E-state index in [4.69, 9.17) is 9.47 Å². The van der Waals surface area contributed by atoms with Crippen molar-refractivity contribution < 1.29 is 37.0 Å². The number of aromatic nitrogens is 1. The van der Waals surface area contributed by atoms with Crippen LogP contribution in [-0.4, -0.2) is 60.5 Å². The lowest BCUT2D eigenvalue weighted by Crippen LogP contribution is -2.45. The minimum Gasteiger partial charge on any atom is -0.461 e. The van der Waals surface area contributed by atoms with Crippen molar-refractivity contribution >= 4 is 17.7 Å². The highest BCUT2D eigenvalue weighted by atomic mass is 19.4. The number of ketones is 1. The van der Waals surface area contributed by atoms with Crippen LogP contribution >= 0.6 is 0 Å². The SMILES string of the molecule is CCOC(=O)c1[nH]c(C)c(C(=O)[C@@H](C)N(CCOC)C(=O)c2ccc(C(F)(F)F)cc2)c1C. The normalized spacial score (nSPS) is 12.4. The van der Waals surface area contributed by atoms with Crippen LogP contribution in [-0.2, 0) is 15.7 Å². The molecule has 0 unspecified atom stereocenters. The third kappa shape index (κ3) is 5.81. The summed E-state index contributed by atoms with van der Waals surface area (Å²) < 4.78 is 48.6. The second-order valence-corrected chi connectivity index (χ2v) is 7.45. The number of ether oxygens (including phenoxy) is 2. The van der Waals surface area contributed by atoms with Crippen LogP contribution in [0.15, 0.2) is 24.3 Å². The van der Waals surface area contributed by atoms with Gasteiger partial charge in [0, 0.05) is 30.5 Å². The monoisotopic (exact) mass is 468 g/mol. The van der Waals surface area contributed by atoms with Crippen molar-refractivity contribution in [2.24, 2.45) is 0 Å². The Labute approximate surface area is 189 Å². The highest BCUT2D eigenvalue weighted by molar-refractivity contribution is 6.07. The van der Waals surface area contributed by atoms with Crippen LogP contribution in [0.5, 0.6) is 0 Å². The minimum absolute atomic E-state index is 0.00785. The summed E-state index contributed by atoms with van der Waals surface area (Å²) in [6, 6.07) is 2.82. The Morgan fingerprint density at radius 3 is 2.24 bits per heavy atom. The lowest BCUT2D eigenvalue weighted by atomic mass is 9.99. The molecule has 0 radical (unpaired) electrons. The number of nitrogens with one attached hydrogen (secondary N) is 1. The van der Waals surface area contributed by atoms with Crippen LogP contribution in [0.25, 0.3) is 0 Å². The largest absolute Gasteiger partial charge is 0.461 e. The fraction of sp³-hybridized carbons (Fsp3) is 0.435. The molecule has 10 heteroatoms. The van der Waals surface area contributed by atoms with Crippen LogP contribution in [0.3, 0.4) is 0 Å². The summed E-state index contributed by atoms with van der Waals surface area (Å²) in [5.74, 6) is -1.63. The third-order valence-electron chi connectivity index (χ3n) is 5.27. The first-order chi connectivity index (χ1) is 15.4. The Bertz CT molecular complexity index is 1010. The molecule has 180 valence electrons. The Balaban J connectivity index is 2.37. The number of amides is 1. The van der Waals surface area contributed by atoms with Gasteiger partial charge in [-0.25, -0.2) is 4.79 Å². The Hall–Kier alpha value is -3.14. The van der Waals surface area contributed by atoms with Gasteiger partial charge in [-0.15, -0.1) is 0 Å². The summed E-state index contributed by atoms with van der Waals surface area (Å²) in [6.07, 6.45) is -4.53. The zero-order chi connectivity index (χ0) is 24.9. The number of aryl methyl sites for hydroxylation is 1. The average Bonchev–Trinajstić information content (AvgIpc) is 3.06. The first kappa shape index (κ1) is 26.1. The van der Waals surface area contributed by atoms with Gasteiger partial charge in [-0.2, -0.15) is 13.2 Å². The maximum Gasteiger partial charge on any atom is 0.416 e. The van der Waals surface area contributed by atoms with E-state index >= 15 is 0 Å². The highest BCUT2D eigenvalue weighted by Gasteiger charge is 2.33. The molecule has 0 saturated carbocycles. The van der Waals surface area contributed by atoms with Gasteiger partial charge in [0.25, 0.3) is 5.91 Å². The fourth-order valence-electron chi connectivity index (χ4n) is 3.51. The number of nitrogens with zero attached hydrogens (tertiary/aromatic N) is 1. The molecule has 1 amide bonds. The molecule has 1 aromatic heterocycles. The number of methoxy groups -OCH3 is 1.